The number of nitriles is 1. The number of tetrazole rings is 1. The first kappa shape index (κ1) is 17.5. The van der Waals surface area contributed by atoms with Crippen molar-refractivity contribution in [3.05, 3.63) is 64.6 Å². The van der Waals surface area contributed by atoms with Crippen molar-refractivity contribution in [3.63, 3.8) is 0 Å². The number of amides is 1. The van der Waals surface area contributed by atoms with Crippen LogP contribution in [-0.2, 0) is 4.79 Å². The van der Waals surface area contributed by atoms with E-state index in [1.807, 2.05) is 12.1 Å². The number of benzene rings is 2. The van der Waals surface area contributed by atoms with Crippen LogP contribution in [0.3, 0.4) is 0 Å². The van der Waals surface area contributed by atoms with Gasteiger partial charge >= 0.3 is 5.69 Å². The molecule has 1 atom stereocenters. The molecular weight excluding hydrogens is 358 g/mol. The number of nitrogens with zero attached hydrogens (tertiary/aromatic N) is 5. The molecule has 1 saturated heterocycles. The van der Waals surface area contributed by atoms with Gasteiger partial charge in [0.1, 0.15) is 6.04 Å². The highest BCUT2D eigenvalue weighted by molar-refractivity contribution is 5.97. The molecule has 9 heteroatoms. The second-order valence-electron chi connectivity index (χ2n) is 6.46. The second-order valence-corrected chi connectivity index (χ2v) is 6.46. The molecule has 0 spiro atoms. The van der Waals surface area contributed by atoms with E-state index in [0.717, 1.165) is 29.8 Å². The summed E-state index contributed by atoms with van der Waals surface area (Å²) in [6.07, 6.45) is 1.68. The quantitative estimate of drug-likeness (QED) is 0.712. The van der Waals surface area contributed by atoms with Crippen LogP contribution in [0, 0.1) is 11.3 Å². The standard InChI is InChI=1S/C19H17N7O2/c20-12-13-3-7-15(8-4-13)25-11-1-2-17(25)18(27)21-14-5-9-16(10-6-14)26-19(28)22-23-24-26/h3-10,17H,1-2,11H2,(H,21,27)(H,22,24,28). The van der Waals surface area contributed by atoms with Gasteiger partial charge in [-0.2, -0.15) is 9.94 Å². The fourth-order valence-electron chi connectivity index (χ4n) is 3.35. The van der Waals surface area contributed by atoms with Crippen LogP contribution in [0.25, 0.3) is 5.69 Å². The third-order valence-corrected chi connectivity index (χ3v) is 4.74. The normalized spacial score (nSPS) is 16.0. The third-order valence-electron chi connectivity index (χ3n) is 4.74. The van der Waals surface area contributed by atoms with Crippen molar-refractivity contribution >= 4 is 17.3 Å². The molecule has 140 valence electrons. The van der Waals surface area contributed by atoms with Crippen molar-refractivity contribution in [2.45, 2.75) is 18.9 Å². The number of nitrogens with one attached hydrogen (secondary N) is 2. The number of rotatable bonds is 4. The first-order valence-electron chi connectivity index (χ1n) is 8.84. The van der Waals surface area contributed by atoms with Crippen molar-refractivity contribution in [2.75, 3.05) is 16.8 Å². The summed E-state index contributed by atoms with van der Waals surface area (Å²) in [5.41, 5.74) is 2.28. The van der Waals surface area contributed by atoms with Crippen molar-refractivity contribution in [2.24, 2.45) is 0 Å². The second kappa shape index (κ2) is 7.36. The lowest BCUT2D eigenvalue weighted by Crippen LogP contribution is -2.39. The zero-order chi connectivity index (χ0) is 19.5. The molecule has 9 nitrogen and oxygen atoms in total. The summed E-state index contributed by atoms with van der Waals surface area (Å²) in [7, 11) is 0. The Hall–Kier alpha value is -3.93. The molecular formula is C19H17N7O2. The lowest BCUT2D eigenvalue weighted by Gasteiger charge is -2.26. The molecule has 28 heavy (non-hydrogen) atoms. The van der Waals surface area contributed by atoms with Gasteiger partial charge in [0.05, 0.1) is 17.3 Å². The van der Waals surface area contributed by atoms with Gasteiger partial charge in [-0.05, 0) is 71.8 Å². The van der Waals surface area contributed by atoms with Gasteiger partial charge in [0, 0.05) is 17.9 Å². The third kappa shape index (κ3) is 3.35. The lowest BCUT2D eigenvalue weighted by molar-refractivity contribution is -0.117. The molecule has 1 aromatic heterocycles. The number of aromatic nitrogens is 4. The van der Waals surface area contributed by atoms with Gasteiger partial charge in [-0.25, -0.2) is 9.89 Å². The van der Waals surface area contributed by atoms with Crippen LogP contribution in [0.5, 0.6) is 0 Å². The summed E-state index contributed by atoms with van der Waals surface area (Å²) < 4.78 is 1.13. The first-order chi connectivity index (χ1) is 13.7. The maximum atomic E-state index is 12.8. The summed E-state index contributed by atoms with van der Waals surface area (Å²) in [6.45, 7) is 0.790. The summed E-state index contributed by atoms with van der Waals surface area (Å²) >= 11 is 0. The van der Waals surface area contributed by atoms with Gasteiger partial charge in [0.2, 0.25) is 5.91 Å². The molecule has 1 aliphatic heterocycles. The van der Waals surface area contributed by atoms with Crippen LogP contribution in [-0.4, -0.2) is 38.7 Å². The topological polar surface area (TPSA) is 120 Å². The van der Waals surface area contributed by atoms with Crippen LogP contribution < -0.4 is 15.9 Å². The number of carbonyl (C=O) groups is 1. The molecule has 2 heterocycles. The Balaban J connectivity index is 1.47. The van der Waals surface area contributed by atoms with Crippen molar-refractivity contribution < 1.29 is 4.79 Å². The Labute approximate surface area is 160 Å². The van der Waals surface area contributed by atoms with Gasteiger partial charge in [0.25, 0.3) is 0 Å². The average Bonchev–Trinajstić information content (AvgIpc) is 3.38. The Morgan fingerprint density at radius 1 is 1.14 bits per heavy atom. The van der Waals surface area contributed by atoms with E-state index in [1.54, 1.807) is 36.4 Å². The summed E-state index contributed by atoms with van der Waals surface area (Å²) in [4.78, 5) is 26.4. The lowest BCUT2D eigenvalue weighted by atomic mass is 10.1. The average molecular weight is 375 g/mol. The van der Waals surface area contributed by atoms with E-state index in [2.05, 4.69) is 31.8 Å². The number of H-pyrrole nitrogens is 1. The number of anilines is 2. The maximum absolute atomic E-state index is 12.8. The molecule has 1 fully saturated rings. The zero-order valence-corrected chi connectivity index (χ0v) is 14.9. The molecule has 2 N–H and O–H groups in total. The minimum atomic E-state index is -0.430. The number of carbonyl (C=O) groups excluding carboxylic acids is 1. The van der Waals surface area contributed by atoms with E-state index >= 15 is 0 Å². The van der Waals surface area contributed by atoms with Crippen LogP contribution in [0.15, 0.2) is 53.3 Å². The van der Waals surface area contributed by atoms with E-state index in [4.69, 9.17) is 5.26 Å². The molecule has 1 unspecified atom stereocenters. The predicted molar refractivity (Wildman–Crippen MR) is 102 cm³/mol. The SMILES string of the molecule is N#Cc1ccc(N2CCCC2C(=O)Nc2ccc(-n3nn[nH]c3=O)cc2)cc1. The first-order valence-corrected chi connectivity index (χ1v) is 8.84. The van der Waals surface area contributed by atoms with Crippen LogP contribution in [0.4, 0.5) is 11.4 Å². The fraction of sp³-hybridized carbons (Fsp3) is 0.211. The molecule has 0 aliphatic carbocycles. The number of aromatic amines is 1. The van der Waals surface area contributed by atoms with Crippen LogP contribution in [0.1, 0.15) is 18.4 Å². The highest BCUT2D eigenvalue weighted by Crippen LogP contribution is 2.27. The maximum Gasteiger partial charge on any atom is 0.365 e. The van der Waals surface area contributed by atoms with E-state index < -0.39 is 5.69 Å². The molecule has 2 aromatic carbocycles. The largest absolute Gasteiger partial charge is 0.365 e. The van der Waals surface area contributed by atoms with E-state index in [-0.39, 0.29) is 11.9 Å². The van der Waals surface area contributed by atoms with Crippen molar-refractivity contribution in [1.29, 1.82) is 5.26 Å². The van der Waals surface area contributed by atoms with Gasteiger partial charge in [-0.1, -0.05) is 0 Å². The molecule has 1 aliphatic rings. The van der Waals surface area contributed by atoms with E-state index in [0.29, 0.717) is 16.9 Å². The predicted octanol–water partition coefficient (Wildman–Crippen LogP) is 1.43. The molecule has 0 saturated carbocycles. The molecule has 3 aromatic rings. The highest BCUT2D eigenvalue weighted by atomic mass is 16.2. The molecule has 4 rings (SSSR count). The Kier molecular flexibility index (Phi) is 4.60. The minimum Gasteiger partial charge on any atom is -0.360 e. The van der Waals surface area contributed by atoms with Gasteiger partial charge in [0.15, 0.2) is 0 Å². The summed E-state index contributed by atoms with van der Waals surface area (Å²) in [5, 5.41) is 21.2. The minimum absolute atomic E-state index is 0.0896. The van der Waals surface area contributed by atoms with E-state index in [1.165, 1.54) is 0 Å². The van der Waals surface area contributed by atoms with Crippen LogP contribution in [0.2, 0.25) is 0 Å². The molecule has 1 amide bonds. The smallest absolute Gasteiger partial charge is 0.360 e. The van der Waals surface area contributed by atoms with Crippen molar-refractivity contribution in [3.8, 4) is 11.8 Å². The zero-order valence-electron chi connectivity index (χ0n) is 14.9. The molecule has 0 bridgehead atoms. The van der Waals surface area contributed by atoms with Gasteiger partial charge in [-0.3, -0.25) is 4.79 Å². The fourth-order valence-corrected chi connectivity index (χ4v) is 3.35. The van der Waals surface area contributed by atoms with Crippen LogP contribution >= 0.6 is 0 Å². The monoisotopic (exact) mass is 375 g/mol. The highest BCUT2D eigenvalue weighted by Gasteiger charge is 2.30. The number of hydrogen-bond acceptors (Lipinski definition) is 6. The van der Waals surface area contributed by atoms with Gasteiger partial charge in [-0.15, -0.1) is 0 Å². The Morgan fingerprint density at radius 2 is 1.86 bits per heavy atom. The number of hydrogen-bond donors (Lipinski definition) is 2. The summed E-state index contributed by atoms with van der Waals surface area (Å²) in [5.74, 6) is -0.0896. The Morgan fingerprint density at radius 3 is 2.50 bits per heavy atom. The molecule has 0 radical (unpaired) electrons. The van der Waals surface area contributed by atoms with Gasteiger partial charge < -0.3 is 10.2 Å². The van der Waals surface area contributed by atoms with E-state index in [9.17, 15) is 9.59 Å². The summed E-state index contributed by atoms with van der Waals surface area (Å²) in [6, 6.07) is 15.9. The van der Waals surface area contributed by atoms with Crippen molar-refractivity contribution in [1.82, 2.24) is 20.2 Å². The Bertz CT molecular complexity index is 1080.